The Bertz CT molecular complexity index is 635. The number of aromatic nitrogens is 3. The van der Waals surface area contributed by atoms with Gasteiger partial charge in [0.15, 0.2) is 5.16 Å². The number of amides is 1. The Hall–Kier alpha value is -2.06. The van der Waals surface area contributed by atoms with Crippen LogP contribution in [0.1, 0.15) is 5.56 Å². The first kappa shape index (κ1) is 15.8. The van der Waals surface area contributed by atoms with Crippen LogP contribution in [-0.4, -0.2) is 58.0 Å². The van der Waals surface area contributed by atoms with Gasteiger partial charge < -0.3 is 10.1 Å². The highest BCUT2D eigenvalue weighted by Crippen LogP contribution is 2.22. The van der Waals surface area contributed by atoms with Gasteiger partial charge in [0.25, 0.3) is 0 Å². The van der Waals surface area contributed by atoms with Crippen LogP contribution in [0.15, 0.2) is 35.7 Å². The third-order valence-corrected chi connectivity index (χ3v) is 4.33. The fourth-order valence-corrected chi connectivity index (χ4v) is 3.01. The van der Waals surface area contributed by atoms with Gasteiger partial charge in [-0.1, -0.05) is 30.0 Å². The number of carbonyl (C=O) groups excluding carboxylic acids is 1. The number of fused-ring (bicyclic) bond motifs is 1. The highest BCUT2D eigenvalue weighted by atomic mass is 32.2. The van der Waals surface area contributed by atoms with Crippen LogP contribution in [0.2, 0.25) is 0 Å². The van der Waals surface area contributed by atoms with E-state index in [0.29, 0.717) is 19.7 Å². The van der Waals surface area contributed by atoms with E-state index >= 15 is 0 Å². The lowest BCUT2D eigenvalue weighted by atomic mass is 10.2. The molecular weight excluding hydrogens is 314 g/mol. The van der Waals surface area contributed by atoms with Gasteiger partial charge in [0.05, 0.1) is 6.54 Å². The predicted octanol–water partition coefficient (Wildman–Crippen LogP) is 0.908. The molecule has 1 aromatic carbocycles. The van der Waals surface area contributed by atoms with Crippen LogP contribution >= 0.6 is 11.8 Å². The van der Waals surface area contributed by atoms with E-state index in [1.807, 2.05) is 24.3 Å². The summed E-state index contributed by atoms with van der Waals surface area (Å²) < 4.78 is 5.71. The Morgan fingerprint density at radius 2 is 2.35 bits per heavy atom. The second-order valence-electron chi connectivity index (χ2n) is 5.16. The Balaban J connectivity index is 1.41. The zero-order valence-electron chi connectivity index (χ0n) is 12.7. The van der Waals surface area contributed by atoms with Gasteiger partial charge in [0.2, 0.25) is 5.91 Å². The van der Waals surface area contributed by atoms with E-state index in [4.69, 9.17) is 4.74 Å². The average molecular weight is 333 g/mol. The van der Waals surface area contributed by atoms with Crippen molar-refractivity contribution in [1.29, 1.82) is 0 Å². The molecule has 2 N–H and O–H groups in total. The van der Waals surface area contributed by atoms with Gasteiger partial charge in [-0.15, -0.1) is 0 Å². The van der Waals surface area contributed by atoms with Crippen LogP contribution in [0.5, 0.6) is 5.75 Å². The molecule has 0 saturated carbocycles. The van der Waals surface area contributed by atoms with E-state index < -0.39 is 0 Å². The number of rotatable bonds is 6. The lowest BCUT2D eigenvalue weighted by Crippen LogP contribution is -2.38. The molecule has 0 aliphatic carbocycles. The number of hydrogen-bond donors (Lipinski definition) is 2. The van der Waals surface area contributed by atoms with Crippen molar-refractivity contribution < 1.29 is 9.53 Å². The van der Waals surface area contributed by atoms with Gasteiger partial charge >= 0.3 is 0 Å². The molecule has 2 heterocycles. The fraction of sp³-hybridized carbons (Fsp3) is 0.400. The standard InChI is InChI=1S/C15H19N5O2S/c21-14(16-5-8-23-15-17-11-18-19-15)10-20-6-7-22-13-4-2-1-3-12(13)9-20/h1-4,11H,5-10H2,(H,16,21)(H,17,18,19). The van der Waals surface area contributed by atoms with Crippen LogP contribution in [0, 0.1) is 0 Å². The number of H-pyrrole nitrogens is 1. The Morgan fingerprint density at radius 1 is 1.43 bits per heavy atom. The molecule has 122 valence electrons. The monoisotopic (exact) mass is 333 g/mol. The van der Waals surface area contributed by atoms with Gasteiger partial charge in [-0.25, -0.2) is 4.98 Å². The van der Waals surface area contributed by atoms with Gasteiger partial charge in [-0.2, -0.15) is 5.10 Å². The molecule has 7 nitrogen and oxygen atoms in total. The molecule has 2 aromatic rings. The molecule has 0 saturated heterocycles. The minimum atomic E-state index is 0.0301. The number of hydrogen-bond acceptors (Lipinski definition) is 6. The van der Waals surface area contributed by atoms with Crippen molar-refractivity contribution in [2.45, 2.75) is 11.7 Å². The molecular formula is C15H19N5O2S. The maximum absolute atomic E-state index is 12.1. The molecule has 0 unspecified atom stereocenters. The van der Waals surface area contributed by atoms with Crippen LogP contribution in [0.25, 0.3) is 0 Å². The van der Waals surface area contributed by atoms with Crippen molar-refractivity contribution in [1.82, 2.24) is 25.4 Å². The number of nitrogens with one attached hydrogen (secondary N) is 2. The zero-order valence-corrected chi connectivity index (χ0v) is 13.5. The fourth-order valence-electron chi connectivity index (χ4n) is 2.38. The number of thioether (sulfide) groups is 1. The normalized spacial score (nSPS) is 14.6. The van der Waals surface area contributed by atoms with Crippen molar-refractivity contribution in [3.8, 4) is 5.75 Å². The Labute approximate surface area is 138 Å². The first-order chi connectivity index (χ1) is 11.3. The van der Waals surface area contributed by atoms with Crippen molar-refractivity contribution >= 4 is 17.7 Å². The van der Waals surface area contributed by atoms with Crippen molar-refractivity contribution in [3.05, 3.63) is 36.2 Å². The Kier molecular flexibility index (Phi) is 5.49. The molecule has 1 aromatic heterocycles. The maximum Gasteiger partial charge on any atom is 0.234 e. The summed E-state index contributed by atoms with van der Waals surface area (Å²) in [6.45, 7) is 3.06. The van der Waals surface area contributed by atoms with Crippen molar-refractivity contribution in [2.24, 2.45) is 0 Å². The second-order valence-corrected chi connectivity index (χ2v) is 6.24. The second kappa shape index (κ2) is 7.98. The summed E-state index contributed by atoms with van der Waals surface area (Å²) in [7, 11) is 0. The largest absolute Gasteiger partial charge is 0.492 e. The number of carbonyl (C=O) groups is 1. The van der Waals surface area contributed by atoms with Gasteiger partial charge in [-0.3, -0.25) is 14.8 Å². The van der Waals surface area contributed by atoms with Crippen LogP contribution < -0.4 is 10.1 Å². The summed E-state index contributed by atoms with van der Waals surface area (Å²) in [5.41, 5.74) is 1.12. The average Bonchev–Trinajstić information content (AvgIpc) is 2.98. The van der Waals surface area contributed by atoms with Crippen LogP contribution in [0.4, 0.5) is 0 Å². The summed E-state index contributed by atoms with van der Waals surface area (Å²) in [6.07, 6.45) is 1.47. The highest BCUT2D eigenvalue weighted by molar-refractivity contribution is 7.99. The van der Waals surface area contributed by atoms with E-state index in [1.54, 1.807) is 0 Å². The minimum absolute atomic E-state index is 0.0301. The lowest BCUT2D eigenvalue weighted by molar-refractivity contribution is -0.122. The molecule has 0 bridgehead atoms. The van der Waals surface area contributed by atoms with Crippen LogP contribution in [0.3, 0.4) is 0 Å². The number of aromatic amines is 1. The summed E-state index contributed by atoms with van der Waals surface area (Å²) >= 11 is 1.53. The van der Waals surface area contributed by atoms with Gasteiger partial charge in [0.1, 0.15) is 18.7 Å². The van der Waals surface area contributed by atoms with Crippen molar-refractivity contribution in [3.63, 3.8) is 0 Å². The van der Waals surface area contributed by atoms with E-state index in [1.165, 1.54) is 18.1 Å². The van der Waals surface area contributed by atoms with Gasteiger partial charge in [-0.05, 0) is 6.07 Å². The third-order valence-electron chi connectivity index (χ3n) is 3.45. The molecule has 23 heavy (non-hydrogen) atoms. The maximum atomic E-state index is 12.1. The SMILES string of the molecule is O=C(CN1CCOc2ccccc2C1)NCCSc1ncn[nH]1. The quantitative estimate of drug-likeness (QED) is 0.604. The molecule has 1 aliphatic heterocycles. The number of benzene rings is 1. The minimum Gasteiger partial charge on any atom is -0.492 e. The van der Waals surface area contributed by atoms with E-state index in [0.717, 1.165) is 35.3 Å². The first-order valence-electron chi connectivity index (χ1n) is 7.49. The number of para-hydroxylation sites is 1. The lowest BCUT2D eigenvalue weighted by Gasteiger charge is -2.18. The number of nitrogens with zero attached hydrogens (tertiary/aromatic N) is 3. The molecule has 3 rings (SSSR count). The van der Waals surface area contributed by atoms with Gasteiger partial charge in [0, 0.05) is 31.0 Å². The molecule has 0 radical (unpaired) electrons. The molecule has 1 amide bonds. The number of ether oxygens (including phenoxy) is 1. The summed E-state index contributed by atoms with van der Waals surface area (Å²) in [4.78, 5) is 18.2. The first-order valence-corrected chi connectivity index (χ1v) is 8.48. The molecule has 0 fully saturated rings. The van der Waals surface area contributed by atoms with Crippen molar-refractivity contribution in [2.75, 3.05) is 32.0 Å². The summed E-state index contributed by atoms with van der Waals surface area (Å²) in [5.74, 6) is 1.70. The summed E-state index contributed by atoms with van der Waals surface area (Å²) in [5, 5.41) is 10.2. The summed E-state index contributed by atoms with van der Waals surface area (Å²) in [6, 6.07) is 7.97. The third kappa shape index (κ3) is 4.70. The molecule has 0 atom stereocenters. The zero-order chi connectivity index (χ0) is 15.9. The van der Waals surface area contributed by atoms with E-state index in [-0.39, 0.29) is 5.91 Å². The molecule has 0 spiro atoms. The van der Waals surface area contributed by atoms with Crippen LogP contribution in [-0.2, 0) is 11.3 Å². The molecule has 8 heteroatoms. The highest BCUT2D eigenvalue weighted by Gasteiger charge is 2.17. The predicted molar refractivity (Wildman–Crippen MR) is 87.3 cm³/mol. The van der Waals surface area contributed by atoms with E-state index in [9.17, 15) is 4.79 Å². The Morgan fingerprint density at radius 3 is 3.22 bits per heavy atom. The molecule has 1 aliphatic rings. The van der Waals surface area contributed by atoms with E-state index in [2.05, 4.69) is 25.4 Å². The topological polar surface area (TPSA) is 83.1 Å². The smallest absolute Gasteiger partial charge is 0.234 e.